The van der Waals surface area contributed by atoms with Crippen molar-refractivity contribution in [2.45, 2.75) is 65.7 Å². The molecule has 23 heavy (non-hydrogen) atoms. The summed E-state index contributed by atoms with van der Waals surface area (Å²) in [6, 6.07) is 0. The second-order valence-corrected chi connectivity index (χ2v) is 8.21. The lowest BCUT2D eigenvalue weighted by Gasteiger charge is -2.57. The average molecular weight is 316 g/mol. The van der Waals surface area contributed by atoms with E-state index >= 15 is 0 Å². The van der Waals surface area contributed by atoms with Gasteiger partial charge in [-0.25, -0.2) is 0 Å². The van der Waals surface area contributed by atoms with Gasteiger partial charge in [0.25, 0.3) is 0 Å². The van der Waals surface area contributed by atoms with E-state index in [-0.39, 0.29) is 16.8 Å². The molecule has 0 aromatic heterocycles. The molecule has 126 valence electrons. The van der Waals surface area contributed by atoms with Crippen LogP contribution < -0.4 is 0 Å². The molecule has 0 amide bonds. The van der Waals surface area contributed by atoms with E-state index < -0.39 is 0 Å². The van der Waals surface area contributed by atoms with Crippen molar-refractivity contribution >= 4 is 12.3 Å². The number of ether oxygens (including phenoxy) is 1. The Morgan fingerprint density at radius 3 is 2.78 bits per heavy atom. The molecule has 1 heterocycles. The minimum absolute atomic E-state index is 0.0254. The highest BCUT2D eigenvalue weighted by Crippen LogP contribution is 2.61. The number of hydrogen-bond donors (Lipinski definition) is 0. The van der Waals surface area contributed by atoms with Crippen LogP contribution in [0.1, 0.15) is 65.7 Å². The van der Waals surface area contributed by atoms with Crippen molar-refractivity contribution in [3.63, 3.8) is 0 Å². The highest BCUT2D eigenvalue weighted by atomic mass is 16.5. The number of cyclic esters (lactones) is 1. The van der Waals surface area contributed by atoms with Crippen LogP contribution >= 0.6 is 0 Å². The van der Waals surface area contributed by atoms with Crippen molar-refractivity contribution < 1.29 is 14.3 Å². The molecule has 0 spiro atoms. The van der Waals surface area contributed by atoms with E-state index in [1.165, 1.54) is 12.8 Å². The first-order valence-corrected chi connectivity index (χ1v) is 8.93. The van der Waals surface area contributed by atoms with Gasteiger partial charge in [0.15, 0.2) is 0 Å². The third kappa shape index (κ3) is 2.68. The first-order valence-electron chi connectivity index (χ1n) is 8.93. The molecule has 3 nitrogen and oxygen atoms in total. The van der Waals surface area contributed by atoms with E-state index in [9.17, 15) is 9.59 Å². The summed E-state index contributed by atoms with van der Waals surface area (Å²) in [6.07, 6.45) is 11.8. The molecule has 3 rings (SSSR count). The molecule has 0 bridgehead atoms. The Morgan fingerprint density at radius 1 is 1.35 bits per heavy atom. The van der Waals surface area contributed by atoms with Crippen LogP contribution in [0.15, 0.2) is 23.5 Å². The molecule has 3 heteroatoms. The van der Waals surface area contributed by atoms with Crippen molar-refractivity contribution in [3.8, 4) is 0 Å². The fourth-order valence-corrected chi connectivity index (χ4v) is 5.32. The van der Waals surface area contributed by atoms with Crippen molar-refractivity contribution in [1.82, 2.24) is 0 Å². The SMILES string of the molecule is CC1CCC2(C)C(C=O)=CCCC2C1(C)CCC1=COC(=O)C1. The number of esters is 1. The summed E-state index contributed by atoms with van der Waals surface area (Å²) in [7, 11) is 0. The molecule has 0 radical (unpaired) electrons. The maximum atomic E-state index is 11.6. The lowest BCUT2D eigenvalue weighted by molar-refractivity contribution is -0.135. The molecule has 0 aromatic carbocycles. The highest BCUT2D eigenvalue weighted by Gasteiger charge is 2.53. The summed E-state index contributed by atoms with van der Waals surface area (Å²) in [5.74, 6) is 1.06. The summed E-state index contributed by atoms with van der Waals surface area (Å²) < 4.78 is 4.97. The van der Waals surface area contributed by atoms with Crippen LogP contribution in [0.5, 0.6) is 0 Å². The van der Waals surface area contributed by atoms with Crippen molar-refractivity contribution in [2.75, 3.05) is 0 Å². The summed E-state index contributed by atoms with van der Waals surface area (Å²) in [4.78, 5) is 22.9. The number of carbonyl (C=O) groups excluding carboxylic acids is 2. The van der Waals surface area contributed by atoms with Crippen LogP contribution in [0.2, 0.25) is 0 Å². The number of aldehydes is 1. The lowest BCUT2D eigenvalue weighted by atomic mass is 9.47. The minimum atomic E-state index is -0.129. The van der Waals surface area contributed by atoms with Crippen LogP contribution in [0.4, 0.5) is 0 Å². The van der Waals surface area contributed by atoms with Gasteiger partial charge in [-0.15, -0.1) is 0 Å². The molecular weight excluding hydrogens is 288 g/mol. The smallest absolute Gasteiger partial charge is 0.314 e. The Labute approximate surface area is 139 Å². The zero-order valence-corrected chi connectivity index (χ0v) is 14.6. The number of allylic oxidation sites excluding steroid dienone is 2. The normalized spacial score (nSPS) is 40.0. The Hall–Kier alpha value is -1.38. The molecule has 3 aliphatic rings. The predicted octanol–water partition coefficient (Wildman–Crippen LogP) is 4.58. The fraction of sp³-hybridized carbons (Fsp3) is 0.700. The molecule has 1 saturated carbocycles. The molecule has 4 atom stereocenters. The number of carbonyl (C=O) groups is 2. The number of hydrogen-bond acceptors (Lipinski definition) is 3. The first kappa shape index (κ1) is 16.5. The van der Waals surface area contributed by atoms with Gasteiger partial charge in [-0.2, -0.15) is 0 Å². The molecule has 0 aromatic rings. The largest absolute Gasteiger partial charge is 0.434 e. The Kier molecular flexibility index (Phi) is 4.24. The van der Waals surface area contributed by atoms with Gasteiger partial charge in [-0.1, -0.05) is 26.8 Å². The van der Waals surface area contributed by atoms with Crippen LogP contribution in [0.25, 0.3) is 0 Å². The van der Waals surface area contributed by atoms with Gasteiger partial charge < -0.3 is 4.74 Å². The third-order valence-electron chi connectivity index (χ3n) is 7.11. The van der Waals surface area contributed by atoms with Gasteiger partial charge in [-0.3, -0.25) is 9.59 Å². The van der Waals surface area contributed by atoms with E-state index in [2.05, 4.69) is 26.8 Å². The topological polar surface area (TPSA) is 43.4 Å². The summed E-state index contributed by atoms with van der Waals surface area (Å²) >= 11 is 0. The molecule has 4 unspecified atom stereocenters. The van der Waals surface area contributed by atoms with Crippen molar-refractivity contribution in [2.24, 2.45) is 22.7 Å². The lowest BCUT2D eigenvalue weighted by Crippen LogP contribution is -2.50. The summed E-state index contributed by atoms with van der Waals surface area (Å²) in [5.41, 5.74) is 2.38. The second-order valence-electron chi connectivity index (χ2n) is 8.21. The second kappa shape index (κ2) is 5.92. The minimum Gasteiger partial charge on any atom is -0.434 e. The Morgan fingerprint density at radius 2 is 2.13 bits per heavy atom. The monoisotopic (exact) mass is 316 g/mol. The van der Waals surface area contributed by atoms with Crippen molar-refractivity contribution in [3.05, 3.63) is 23.5 Å². The van der Waals surface area contributed by atoms with Gasteiger partial charge >= 0.3 is 5.97 Å². The van der Waals surface area contributed by atoms with Crippen LogP contribution in [-0.2, 0) is 14.3 Å². The highest BCUT2D eigenvalue weighted by molar-refractivity contribution is 5.76. The zero-order valence-electron chi connectivity index (χ0n) is 14.6. The van der Waals surface area contributed by atoms with Gasteiger partial charge in [0.2, 0.25) is 0 Å². The van der Waals surface area contributed by atoms with Gasteiger partial charge in [0.1, 0.15) is 6.29 Å². The van der Waals surface area contributed by atoms with E-state index in [1.54, 1.807) is 6.26 Å². The molecule has 0 N–H and O–H groups in total. The van der Waals surface area contributed by atoms with Gasteiger partial charge in [0, 0.05) is 0 Å². The van der Waals surface area contributed by atoms with Crippen molar-refractivity contribution in [1.29, 1.82) is 0 Å². The standard InChI is InChI=1S/C20H28O3/c1-14-7-9-20(3)16(12-21)5-4-6-17(20)19(14,2)10-8-15-11-18(22)23-13-15/h5,12-14,17H,4,6-11H2,1-3H3. The molecule has 1 fully saturated rings. The summed E-state index contributed by atoms with van der Waals surface area (Å²) in [6.45, 7) is 7.07. The molecular formula is C20H28O3. The molecule has 2 aliphatic carbocycles. The van der Waals surface area contributed by atoms with Gasteiger partial charge in [-0.05, 0) is 72.3 Å². The third-order valence-corrected chi connectivity index (χ3v) is 7.11. The summed E-state index contributed by atoms with van der Waals surface area (Å²) in [5, 5.41) is 0. The van der Waals surface area contributed by atoms with E-state index in [4.69, 9.17) is 4.74 Å². The Bertz CT molecular complexity index is 573. The van der Waals surface area contributed by atoms with Crippen LogP contribution in [0.3, 0.4) is 0 Å². The van der Waals surface area contributed by atoms with E-state index in [0.717, 1.165) is 43.1 Å². The first-order chi connectivity index (χ1) is 10.9. The fourth-order valence-electron chi connectivity index (χ4n) is 5.32. The maximum absolute atomic E-state index is 11.6. The predicted molar refractivity (Wildman–Crippen MR) is 89.5 cm³/mol. The quantitative estimate of drug-likeness (QED) is 0.563. The van der Waals surface area contributed by atoms with E-state index in [1.807, 2.05) is 0 Å². The zero-order chi connectivity index (χ0) is 16.7. The van der Waals surface area contributed by atoms with Crippen LogP contribution in [-0.4, -0.2) is 12.3 Å². The number of fused-ring (bicyclic) bond motifs is 1. The van der Waals surface area contributed by atoms with Gasteiger partial charge in [0.05, 0.1) is 12.7 Å². The van der Waals surface area contributed by atoms with E-state index in [0.29, 0.717) is 18.3 Å². The van der Waals surface area contributed by atoms with Crippen LogP contribution in [0, 0.1) is 22.7 Å². The number of rotatable bonds is 4. The maximum Gasteiger partial charge on any atom is 0.314 e. The Balaban J connectivity index is 1.82. The average Bonchev–Trinajstić information content (AvgIpc) is 2.95. The molecule has 1 aliphatic heterocycles. The molecule has 0 saturated heterocycles.